The molecule has 0 aliphatic rings. The van der Waals surface area contributed by atoms with Crippen molar-refractivity contribution in [3.8, 4) is 6.07 Å². The summed E-state index contributed by atoms with van der Waals surface area (Å²) in [4.78, 5) is 11.6. The first-order chi connectivity index (χ1) is 7.25. The van der Waals surface area contributed by atoms with Gasteiger partial charge in [-0.2, -0.15) is 5.26 Å². The van der Waals surface area contributed by atoms with Crippen LogP contribution in [0.1, 0.15) is 24.8 Å². The normalized spacial score (nSPS) is 11.5. The van der Waals surface area contributed by atoms with E-state index in [9.17, 15) is 4.79 Å². The lowest BCUT2D eigenvalue weighted by atomic mass is 10.0. The fourth-order valence-electron chi connectivity index (χ4n) is 1.29. The van der Waals surface area contributed by atoms with E-state index in [1.165, 1.54) is 0 Å². The first-order valence-corrected chi connectivity index (χ1v) is 4.95. The second-order valence-corrected chi connectivity index (χ2v) is 3.33. The Hall–Kier alpha value is -1.82. The summed E-state index contributed by atoms with van der Waals surface area (Å²) in [5.41, 5.74) is 0.993. The third-order valence-electron chi connectivity index (χ3n) is 2.23. The van der Waals surface area contributed by atoms with Crippen LogP contribution >= 0.6 is 0 Å². The lowest BCUT2D eigenvalue weighted by Crippen LogP contribution is -2.28. The first kappa shape index (κ1) is 11.3. The fourth-order valence-corrected chi connectivity index (χ4v) is 1.29. The average Bonchev–Trinajstić information content (AvgIpc) is 2.29. The van der Waals surface area contributed by atoms with Gasteiger partial charge in [0.1, 0.15) is 0 Å². The van der Waals surface area contributed by atoms with Crippen LogP contribution in [-0.2, 0) is 4.79 Å². The molecule has 0 aliphatic carbocycles. The van der Waals surface area contributed by atoms with E-state index < -0.39 is 0 Å². The molecule has 0 fully saturated rings. The number of nitriles is 1. The van der Waals surface area contributed by atoms with Crippen molar-refractivity contribution in [2.75, 3.05) is 6.54 Å². The van der Waals surface area contributed by atoms with Gasteiger partial charge in [0.15, 0.2) is 0 Å². The number of rotatable bonds is 4. The molecule has 3 nitrogen and oxygen atoms in total. The number of benzene rings is 1. The number of amides is 1. The summed E-state index contributed by atoms with van der Waals surface area (Å²) < 4.78 is 0. The van der Waals surface area contributed by atoms with E-state index in [1.807, 2.05) is 43.3 Å². The Morgan fingerprint density at radius 3 is 2.73 bits per heavy atom. The van der Waals surface area contributed by atoms with Crippen molar-refractivity contribution in [2.45, 2.75) is 19.3 Å². The number of hydrogen-bond acceptors (Lipinski definition) is 2. The van der Waals surface area contributed by atoms with Gasteiger partial charge in [0.2, 0.25) is 5.91 Å². The molecule has 1 atom stereocenters. The smallest absolute Gasteiger partial charge is 0.227 e. The molecule has 0 radical (unpaired) electrons. The summed E-state index contributed by atoms with van der Waals surface area (Å²) in [7, 11) is 0. The molecule has 1 N–H and O–H groups in total. The van der Waals surface area contributed by atoms with Crippen LogP contribution in [0.15, 0.2) is 30.3 Å². The topological polar surface area (TPSA) is 52.9 Å². The molecule has 0 saturated heterocycles. The highest BCUT2D eigenvalue weighted by Crippen LogP contribution is 2.13. The zero-order valence-electron chi connectivity index (χ0n) is 8.73. The quantitative estimate of drug-likeness (QED) is 0.757. The van der Waals surface area contributed by atoms with Crippen molar-refractivity contribution in [1.29, 1.82) is 5.26 Å². The molecule has 0 spiro atoms. The van der Waals surface area contributed by atoms with Crippen LogP contribution in [0.2, 0.25) is 0 Å². The molecule has 1 aromatic rings. The third kappa shape index (κ3) is 3.43. The van der Waals surface area contributed by atoms with Crippen molar-refractivity contribution in [3.63, 3.8) is 0 Å². The molecule has 0 heterocycles. The van der Waals surface area contributed by atoms with E-state index in [1.54, 1.807) is 0 Å². The Morgan fingerprint density at radius 2 is 2.13 bits per heavy atom. The Morgan fingerprint density at radius 1 is 1.47 bits per heavy atom. The minimum atomic E-state index is -0.162. The zero-order chi connectivity index (χ0) is 11.1. The second-order valence-electron chi connectivity index (χ2n) is 3.33. The van der Waals surface area contributed by atoms with Crippen LogP contribution < -0.4 is 5.32 Å². The highest BCUT2D eigenvalue weighted by molar-refractivity contribution is 5.83. The number of carbonyl (C=O) groups is 1. The fraction of sp³-hybridized carbons (Fsp3) is 0.333. The maximum Gasteiger partial charge on any atom is 0.227 e. The summed E-state index contributed by atoms with van der Waals surface area (Å²) in [5, 5.41) is 11.1. The van der Waals surface area contributed by atoms with Crippen molar-refractivity contribution in [3.05, 3.63) is 35.9 Å². The van der Waals surface area contributed by atoms with E-state index in [0.29, 0.717) is 13.0 Å². The molecule has 0 aliphatic heterocycles. The minimum absolute atomic E-state index is 0.0311. The van der Waals surface area contributed by atoms with Gasteiger partial charge >= 0.3 is 0 Å². The third-order valence-corrected chi connectivity index (χ3v) is 2.23. The van der Waals surface area contributed by atoms with E-state index in [-0.39, 0.29) is 11.8 Å². The first-order valence-electron chi connectivity index (χ1n) is 4.95. The predicted molar refractivity (Wildman–Crippen MR) is 58.1 cm³/mol. The SMILES string of the molecule is CC(C(=O)NCCC#N)c1ccccc1. The summed E-state index contributed by atoms with van der Waals surface area (Å²) in [5.74, 6) is -0.193. The van der Waals surface area contributed by atoms with Gasteiger partial charge in [0, 0.05) is 6.54 Å². The lowest BCUT2D eigenvalue weighted by molar-refractivity contribution is -0.122. The molecule has 0 saturated carbocycles. The lowest BCUT2D eigenvalue weighted by Gasteiger charge is -2.11. The van der Waals surface area contributed by atoms with Gasteiger partial charge in [-0.25, -0.2) is 0 Å². The van der Waals surface area contributed by atoms with Crippen LogP contribution in [0, 0.1) is 11.3 Å². The number of nitrogens with one attached hydrogen (secondary N) is 1. The molecule has 1 rings (SSSR count). The molecule has 78 valence electrons. The molecule has 1 amide bonds. The molecule has 3 heteroatoms. The maximum absolute atomic E-state index is 11.6. The van der Waals surface area contributed by atoms with Gasteiger partial charge < -0.3 is 5.32 Å². The summed E-state index contributed by atoms with van der Waals surface area (Å²) in [6.45, 7) is 2.28. The van der Waals surface area contributed by atoms with Gasteiger partial charge in [-0.05, 0) is 12.5 Å². The van der Waals surface area contributed by atoms with Gasteiger partial charge in [-0.15, -0.1) is 0 Å². The molecule has 1 unspecified atom stereocenters. The highest BCUT2D eigenvalue weighted by atomic mass is 16.1. The average molecular weight is 202 g/mol. The Labute approximate surface area is 89.7 Å². The molecule has 0 aromatic heterocycles. The van der Waals surface area contributed by atoms with Gasteiger partial charge in [0.05, 0.1) is 18.4 Å². The molecular weight excluding hydrogens is 188 g/mol. The van der Waals surface area contributed by atoms with Crippen molar-refractivity contribution in [1.82, 2.24) is 5.32 Å². The number of carbonyl (C=O) groups excluding carboxylic acids is 1. The summed E-state index contributed by atoms with van der Waals surface area (Å²) >= 11 is 0. The van der Waals surface area contributed by atoms with Crippen LogP contribution in [0.3, 0.4) is 0 Å². The van der Waals surface area contributed by atoms with E-state index >= 15 is 0 Å². The molecule has 15 heavy (non-hydrogen) atoms. The monoisotopic (exact) mass is 202 g/mol. The molecule has 0 bridgehead atoms. The Bertz CT molecular complexity index is 354. The highest BCUT2D eigenvalue weighted by Gasteiger charge is 2.13. The van der Waals surface area contributed by atoms with Gasteiger partial charge in [-0.1, -0.05) is 30.3 Å². The summed E-state index contributed by atoms with van der Waals surface area (Å²) in [6, 6.07) is 11.6. The second kappa shape index (κ2) is 5.82. The molecular formula is C12H14N2O. The van der Waals surface area contributed by atoms with Crippen LogP contribution in [0.5, 0.6) is 0 Å². The van der Waals surface area contributed by atoms with E-state index in [0.717, 1.165) is 5.56 Å². The standard InChI is InChI=1S/C12H14N2O/c1-10(11-6-3-2-4-7-11)12(15)14-9-5-8-13/h2-4,6-7,10H,5,9H2,1H3,(H,14,15). The van der Waals surface area contributed by atoms with Gasteiger partial charge in [-0.3, -0.25) is 4.79 Å². The van der Waals surface area contributed by atoms with Crippen molar-refractivity contribution in [2.24, 2.45) is 0 Å². The number of hydrogen-bond donors (Lipinski definition) is 1. The van der Waals surface area contributed by atoms with Crippen LogP contribution in [-0.4, -0.2) is 12.5 Å². The Balaban J connectivity index is 2.51. The van der Waals surface area contributed by atoms with Crippen LogP contribution in [0.25, 0.3) is 0 Å². The molecule has 1 aromatic carbocycles. The minimum Gasteiger partial charge on any atom is -0.355 e. The maximum atomic E-state index is 11.6. The van der Waals surface area contributed by atoms with E-state index in [4.69, 9.17) is 5.26 Å². The number of nitrogens with zero attached hydrogens (tertiary/aromatic N) is 1. The zero-order valence-corrected chi connectivity index (χ0v) is 8.73. The van der Waals surface area contributed by atoms with Crippen LogP contribution in [0.4, 0.5) is 0 Å². The predicted octanol–water partition coefficient (Wildman–Crippen LogP) is 1.82. The van der Waals surface area contributed by atoms with Crippen molar-refractivity contribution >= 4 is 5.91 Å². The van der Waals surface area contributed by atoms with Crippen molar-refractivity contribution < 1.29 is 4.79 Å². The largest absolute Gasteiger partial charge is 0.355 e. The van der Waals surface area contributed by atoms with Gasteiger partial charge in [0.25, 0.3) is 0 Å². The Kier molecular flexibility index (Phi) is 4.36. The van der Waals surface area contributed by atoms with E-state index in [2.05, 4.69) is 5.32 Å². The summed E-state index contributed by atoms with van der Waals surface area (Å²) in [6.07, 6.45) is 0.354.